The van der Waals surface area contributed by atoms with E-state index in [9.17, 15) is 8.42 Å². The SMILES string of the molecule is C=C(C)CN(C)S(=O)(=O)c1ccccc1CN. The molecular formula is C12H18N2O2S. The van der Waals surface area contributed by atoms with Crippen molar-refractivity contribution in [1.82, 2.24) is 4.31 Å². The van der Waals surface area contributed by atoms with Gasteiger partial charge in [-0.25, -0.2) is 8.42 Å². The molecule has 0 radical (unpaired) electrons. The summed E-state index contributed by atoms with van der Waals surface area (Å²) >= 11 is 0. The molecule has 1 aromatic rings. The van der Waals surface area contributed by atoms with Crippen molar-refractivity contribution in [2.75, 3.05) is 13.6 Å². The monoisotopic (exact) mass is 254 g/mol. The molecule has 2 N–H and O–H groups in total. The van der Waals surface area contributed by atoms with Crippen LogP contribution in [0.2, 0.25) is 0 Å². The summed E-state index contributed by atoms with van der Waals surface area (Å²) in [6.45, 7) is 6.02. The van der Waals surface area contributed by atoms with Gasteiger partial charge in [-0.2, -0.15) is 4.31 Å². The van der Waals surface area contributed by atoms with E-state index < -0.39 is 10.0 Å². The summed E-state index contributed by atoms with van der Waals surface area (Å²) in [7, 11) is -1.95. The predicted octanol–water partition coefficient (Wildman–Crippen LogP) is 1.34. The molecule has 0 bridgehead atoms. The second-order valence-corrected chi connectivity index (χ2v) is 6.04. The van der Waals surface area contributed by atoms with Gasteiger partial charge in [0.25, 0.3) is 0 Å². The molecule has 0 amide bonds. The smallest absolute Gasteiger partial charge is 0.243 e. The molecular weight excluding hydrogens is 236 g/mol. The van der Waals surface area contributed by atoms with E-state index in [1.165, 1.54) is 11.4 Å². The van der Waals surface area contributed by atoms with E-state index in [1.807, 2.05) is 0 Å². The molecule has 4 nitrogen and oxygen atoms in total. The number of nitrogens with zero attached hydrogens (tertiary/aromatic N) is 1. The number of likely N-dealkylation sites (N-methyl/N-ethyl adjacent to an activating group) is 1. The van der Waals surface area contributed by atoms with Crippen LogP contribution in [0.5, 0.6) is 0 Å². The minimum atomic E-state index is -3.48. The Hall–Kier alpha value is -1.17. The molecule has 0 aromatic heterocycles. The van der Waals surface area contributed by atoms with E-state index in [2.05, 4.69) is 6.58 Å². The lowest BCUT2D eigenvalue weighted by atomic mass is 10.2. The van der Waals surface area contributed by atoms with Crippen molar-refractivity contribution in [1.29, 1.82) is 0 Å². The van der Waals surface area contributed by atoms with E-state index in [4.69, 9.17) is 5.73 Å². The molecule has 94 valence electrons. The van der Waals surface area contributed by atoms with Gasteiger partial charge in [-0.1, -0.05) is 30.4 Å². The third-order valence-corrected chi connectivity index (χ3v) is 4.28. The van der Waals surface area contributed by atoms with Crippen molar-refractivity contribution in [3.05, 3.63) is 42.0 Å². The quantitative estimate of drug-likeness (QED) is 0.807. The van der Waals surface area contributed by atoms with Crippen LogP contribution < -0.4 is 5.73 Å². The van der Waals surface area contributed by atoms with Gasteiger partial charge in [-0.3, -0.25) is 0 Å². The lowest BCUT2D eigenvalue weighted by Gasteiger charge is -2.18. The Morgan fingerprint density at radius 3 is 2.53 bits per heavy atom. The highest BCUT2D eigenvalue weighted by Crippen LogP contribution is 2.19. The molecule has 17 heavy (non-hydrogen) atoms. The third-order valence-electron chi connectivity index (χ3n) is 2.37. The van der Waals surface area contributed by atoms with Crippen molar-refractivity contribution in [3.8, 4) is 0 Å². The Morgan fingerprint density at radius 2 is 2.00 bits per heavy atom. The topological polar surface area (TPSA) is 63.4 Å². The Kier molecular flexibility index (Phi) is 4.45. The molecule has 1 rings (SSSR count). The second kappa shape index (κ2) is 5.44. The average molecular weight is 254 g/mol. The first-order valence-electron chi connectivity index (χ1n) is 5.28. The molecule has 0 aliphatic carbocycles. The zero-order valence-corrected chi connectivity index (χ0v) is 11.0. The molecule has 5 heteroatoms. The molecule has 0 fully saturated rings. The fraction of sp³-hybridized carbons (Fsp3) is 0.333. The number of sulfonamides is 1. The van der Waals surface area contributed by atoms with Crippen molar-refractivity contribution in [2.45, 2.75) is 18.4 Å². The van der Waals surface area contributed by atoms with Crippen LogP contribution >= 0.6 is 0 Å². The summed E-state index contributed by atoms with van der Waals surface area (Å²) in [5.74, 6) is 0. The van der Waals surface area contributed by atoms with Gasteiger partial charge in [0.05, 0.1) is 4.90 Å². The van der Waals surface area contributed by atoms with Crippen LogP contribution in [-0.2, 0) is 16.6 Å². The van der Waals surface area contributed by atoms with Gasteiger partial charge in [-0.15, -0.1) is 0 Å². The first-order chi connectivity index (χ1) is 7.89. The van der Waals surface area contributed by atoms with Crippen LogP contribution in [0.4, 0.5) is 0 Å². The standard InChI is InChI=1S/C12H18N2O2S/c1-10(2)9-14(3)17(15,16)12-7-5-4-6-11(12)8-13/h4-7H,1,8-9,13H2,2-3H3. The third kappa shape index (κ3) is 3.15. The second-order valence-electron chi connectivity index (χ2n) is 4.03. The minimum absolute atomic E-state index is 0.205. The molecule has 0 aliphatic heterocycles. The molecule has 0 saturated carbocycles. The van der Waals surface area contributed by atoms with E-state index in [0.29, 0.717) is 12.1 Å². The molecule has 0 unspecified atom stereocenters. The highest BCUT2D eigenvalue weighted by atomic mass is 32.2. The lowest BCUT2D eigenvalue weighted by molar-refractivity contribution is 0.492. The summed E-state index contributed by atoms with van der Waals surface area (Å²) in [6, 6.07) is 6.77. The summed E-state index contributed by atoms with van der Waals surface area (Å²) < 4.78 is 25.8. The van der Waals surface area contributed by atoms with Gasteiger partial charge in [0, 0.05) is 20.1 Å². The molecule has 0 atom stereocenters. The van der Waals surface area contributed by atoms with Crippen molar-refractivity contribution in [3.63, 3.8) is 0 Å². The lowest BCUT2D eigenvalue weighted by Crippen LogP contribution is -2.29. The Morgan fingerprint density at radius 1 is 1.41 bits per heavy atom. The van der Waals surface area contributed by atoms with Crippen LogP contribution in [0.25, 0.3) is 0 Å². The fourth-order valence-electron chi connectivity index (χ4n) is 1.56. The van der Waals surface area contributed by atoms with Gasteiger partial charge in [-0.05, 0) is 18.6 Å². The van der Waals surface area contributed by atoms with Gasteiger partial charge < -0.3 is 5.73 Å². The maximum atomic E-state index is 12.3. The highest BCUT2D eigenvalue weighted by molar-refractivity contribution is 7.89. The van der Waals surface area contributed by atoms with Gasteiger partial charge in [0.1, 0.15) is 0 Å². The average Bonchev–Trinajstić information content (AvgIpc) is 2.28. The summed E-state index contributed by atoms with van der Waals surface area (Å²) in [5.41, 5.74) is 6.97. The fourth-order valence-corrected chi connectivity index (χ4v) is 3.02. The zero-order chi connectivity index (χ0) is 13.1. The highest BCUT2D eigenvalue weighted by Gasteiger charge is 2.22. The first kappa shape index (κ1) is 13.9. The molecule has 1 aromatic carbocycles. The van der Waals surface area contributed by atoms with Crippen LogP contribution in [0.1, 0.15) is 12.5 Å². The molecule has 0 saturated heterocycles. The number of rotatable bonds is 5. The van der Waals surface area contributed by atoms with Gasteiger partial charge in [0.15, 0.2) is 0 Å². The van der Waals surface area contributed by atoms with Gasteiger partial charge in [0.2, 0.25) is 10.0 Å². The number of nitrogens with two attached hydrogens (primary N) is 1. The minimum Gasteiger partial charge on any atom is -0.326 e. The molecule has 0 heterocycles. The van der Waals surface area contributed by atoms with E-state index in [1.54, 1.807) is 31.2 Å². The summed E-state index contributed by atoms with van der Waals surface area (Å²) in [4.78, 5) is 0.270. The van der Waals surface area contributed by atoms with Crippen molar-refractivity contribution < 1.29 is 8.42 Å². The van der Waals surface area contributed by atoms with E-state index in [0.717, 1.165) is 5.57 Å². The van der Waals surface area contributed by atoms with Crippen LogP contribution in [0, 0.1) is 0 Å². The van der Waals surface area contributed by atoms with Crippen molar-refractivity contribution >= 4 is 10.0 Å². The normalized spacial score (nSPS) is 11.8. The molecule has 0 spiro atoms. The largest absolute Gasteiger partial charge is 0.326 e. The zero-order valence-electron chi connectivity index (χ0n) is 10.2. The van der Waals surface area contributed by atoms with Crippen LogP contribution in [-0.4, -0.2) is 26.3 Å². The maximum absolute atomic E-state index is 12.3. The summed E-state index contributed by atoms with van der Waals surface area (Å²) in [6.07, 6.45) is 0. The Labute approximate surface area is 103 Å². The number of benzene rings is 1. The van der Waals surface area contributed by atoms with Crippen molar-refractivity contribution in [2.24, 2.45) is 5.73 Å². The predicted molar refractivity (Wildman–Crippen MR) is 69.0 cm³/mol. The van der Waals surface area contributed by atoms with E-state index >= 15 is 0 Å². The molecule has 0 aliphatic rings. The van der Waals surface area contributed by atoms with E-state index in [-0.39, 0.29) is 11.4 Å². The number of hydrogen-bond acceptors (Lipinski definition) is 3. The first-order valence-corrected chi connectivity index (χ1v) is 6.72. The maximum Gasteiger partial charge on any atom is 0.243 e. The van der Waals surface area contributed by atoms with Crippen LogP contribution in [0.15, 0.2) is 41.3 Å². The Balaban J connectivity index is 3.17. The van der Waals surface area contributed by atoms with Gasteiger partial charge >= 0.3 is 0 Å². The summed E-state index contributed by atoms with van der Waals surface area (Å²) in [5, 5.41) is 0. The number of hydrogen-bond donors (Lipinski definition) is 1. The van der Waals surface area contributed by atoms with Crippen LogP contribution in [0.3, 0.4) is 0 Å². The Bertz CT molecular complexity index is 509.